The summed E-state index contributed by atoms with van der Waals surface area (Å²) in [5.41, 5.74) is 1.97. The summed E-state index contributed by atoms with van der Waals surface area (Å²) in [6.07, 6.45) is -1.03. The van der Waals surface area contributed by atoms with Crippen LogP contribution in [0, 0.1) is 11.3 Å². The summed E-state index contributed by atoms with van der Waals surface area (Å²) < 4.78 is 39.8. The van der Waals surface area contributed by atoms with Gasteiger partial charge in [-0.2, -0.15) is 18.4 Å². The van der Waals surface area contributed by atoms with Crippen LogP contribution in [0.3, 0.4) is 0 Å². The van der Waals surface area contributed by atoms with Crippen molar-refractivity contribution in [2.45, 2.75) is 64.1 Å². The molecule has 0 saturated carbocycles. The molecule has 0 aromatic heterocycles. The van der Waals surface area contributed by atoms with E-state index in [2.05, 4.69) is 65.1 Å². The van der Waals surface area contributed by atoms with E-state index in [9.17, 15) is 13.2 Å². The highest BCUT2D eigenvalue weighted by atomic mass is 32.1. The number of hydrogen-bond acceptors (Lipinski definition) is 5. The van der Waals surface area contributed by atoms with Crippen LogP contribution in [0.2, 0.25) is 0 Å². The lowest BCUT2D eigenvalue weighted by atomic mass is 9.87. The summed E-state index contributed by atoms with van der Waals surface area (Å²) in [4.78, 5) is 8.21. The zero-order valence-corrected chi connectivity index (χ0v) is 24.5. The number of piperazine rings is 1. The van der Waals surface area contributed by atoms with Crippen molar-refractivity contribution in [3.05, 3.63) is 59.2 Å². The average molecular weight is 572 g/mol. The van der Waals surface area contributed by atoms with E-state index in [1.54, 1.807) is 12.1 Å². The first-order valence-electron chi connectivity index (χ1n) is 14.2. The quantitative estimate of drug-likeness (QED) is 0.374. The van der Waals surface area contributed by atoms with Gasteiger partial charge >= 0.3 is 6.18 Å². The molecule has 2 aliphatic heterocycles. The first kappa shape index (κ1) is 30.1. The molecule has 0 radical (unpaired) electrons. The molecule has 2 fully saturated rings. The number of hydrogen-bond donors (Lipinski definition) is 1. The molecule has 216 valence electrons. The second-order valence-electron chi connectivity index (χ2n) is 11.9. The van der Waals surface area contributed by atoms with E-state index < -0.39 is 11.7 Å². The predicted octanol–water partition coefficient (Wildman–Crippen LogP) is 6.68. The largest absolute Gasteiger partial charge is 0.417 e. The van der Waals surface area contributed by atoms with Crippen LogP contribution in [-0.2, 0) is 11.6 Å². The molecule has 0 spiro atoms. The van der Waals surface area contributed by atoms with E-state index in [4.69, 9.17) is 17.5 Å². The van der Waals surface area contributed by atoms with Crippen molar-refractivity contribution in [3.8, 4) is 6.07 Å². The summed E-state index contributed by atoms with van der Waals surface area (Å²) in [6, 6.07) is 14.5. The summed E-state index contributed by atoms with van der Waals surface area (Å²) in [6.45, 7) is 13.5. The van der Waals surface area contributed by atoms with E-state index in [1.165, 1.54) is 17.3 Å². The van der Waals surface area contributed by atoms with E-state index >= 15 is 0 Å². The molecule has 2 saturated heterocycles. The van der Waals surface area contributed by atoms with Crippen molar-refractivity contribution >= 4 is 28.6 Å². The molecule has 0 atom stereocenters. The van der Waals surface area contributed by atoms with E-state index in [0.29, 0.717) is 5.69 Å². The topological polar surface area (TPSA) is 45.5 Å². The Morgan fingerprint density at radius 2 is 1.62 bits per heavy atom. The molecular weight excluding hydrogens is 531 g/mol. The first-order chi connectivity index (χ1) is 18.9. The van der Waals surface area contributed by atoms with Gasteiger partial charge in [0.1, 0.15) is 0 Å². The smallest absolute Gasteiger partial charge is 0.382 e. The van der Waals surface area contributed by atoms with Gasteiger partial charge in [-0.15, -0.1) is 0 Å². The Labute approximate surface area is 241 Å². The van der Waals surface area contributed by atoms with Crippen molar-refractivity contribution in [3.63, 3.8) is 0 Å². The van der Waals surface area contributed by atoms with E-state index in [-0.39, 0.29) is 17.0 Å². The number of alkyl halides is 3. The molecule has 2 aliphatic rings. The zero-order valence-electron chi connectivity index (χ0n) is 23.7. The standard InChI is InChI=1S/C31H40F3N5S/c1-30(2,3)24-7-10-27(11-8-24)38-19-17-37(18-20-38)14-4-5-29(40)39-15-12-25(13-16-39)36-26-9-6-23(22-35)28(21-26)31(32,33)34/h6-11,21,25,36H,4-5,12-20H2,1-3H3. The Bertz CT molecular complexity index is 1180. The Balaban J connectivity index is 1.15. The Hall–Kier alpha value is -2.83. The Kier molecular flexibility index (Phi) is 9.63. The van der Waals surface area contributed by atoms with Crippen molar-refractivity contribution < 1.29 is 13.2 Å². The summed E-state index contributed by atoms with van der Waals surface area (Å²) in [5, 5.41) is 12.2. The minimum absolute atomic E-state index is 0.0778. The van der Waals surface area contributed by atoms with Gasteiger partial charge in [-0.1, -0.05) is 45.1 Å². The lowest BCUT2D eigenvalue weighted by Crippen LogP contribution is -2.47. The lowest BCUT2D eigenvalue weighted by Gasteiger charge is -2.37. The van der Waals surface area contributed by atoms with Crippen molar-refractivity contribution in [2.24, 2.45) is 0 Å². The van der Waals surface area contributed by atoms with Crippen LogP contribution in [-0.4, -0.2) is 66.6 Å². The monoisotopic (exact) mass is 571 g/mol. The fraction of sp³-hybridized carbons (Fsp3) is 0.548. The number of anilines is 2. The Morgan fingerprint density at radius 3 is 2.20 bits per heavy atom. The number of thiocarbonyl (C=S) groups is 1. The van der Waals surface area contributed by atoms with Gasteiger partial charge in [-0.25, -0.2) is 0 Å². The SMILES string of the molecule is CC(C)(C)c1ccc(N2CCN(CCCC(=S)N3CCC(Nc4ccc(C#N)c(C(F)(F)F)c4)CC3)CC2)cc1. The van der Waals surface area contributed by atoms with Gasteiger partial charge in [0.15, 0.2) is 0 Å². The van der Waals surface area contributed by atoms with Crippen LogP contribution in [0.5, 0.6) is 0 Å². The lowest BCUT2D eigenvalue weighted by molar-refractivity contribution is -0.137. The van der Waals surface area contributed by atoms with Gasteiger partial charge in [0, 0.05) is 56.7 Å². The van der Waals surface area contributed by atoms with Crippen LogP contribution in [0.15, 0.2) is 42.5 Å². The number of benzene rings is 2. The molecule has 2 heterocycles. The van der Waals surface area contributed by atoms with Gasteiger partial charge in [-0.3, -0.25) is 4.90 Å². The Morgan fingerprint density at radius 1 is 0.975 bits per heavy atom. The number of piperidine rings is 1. The zero-order chi connectivity index (χ0) is 28.9. The second kappa shape index (κ2) is 12.8. The van der Waals surface area contributed by atoms with Crippen LogP contribution in [0.25, 0.3) is 0 Å². The normalized spacial score (nSPS) is 17.5. The molecule has 40 heavy (non-hydrogen) atoms. The minimum atomic E-state index is -4.55. The van der Waals surface area contributed by atoms with Crippen molar-refractivity contribution in [1.82, 2.24) is 9.80 Å². The molecule has 0 bridgehead atoms. The number of likely N-dealkylation sites (tertiary alicyclic amines) is 1. The molecular formula is C31H40F3N5S. The maximum Gasteiger partial charge on any atom is 0.417 e. The number of rotatable bonds is 7. The van der Waals surface area contributed by atoms with Gasteiger partial charge in [0.2, 0.25) is 0 Å². The maximum absolute atomic E-state index is 13.3. The second-order valence-corrected chi connectivity index (χ2v) is 12.4. The van der Waals surface area contributed by atoms with Gasteiger partial charge < -0.3 is 15.1 Å². The average Bonchev–Trinajstić information content (AvgIpc) is 2.93. The number of halogens is 3. The third-order valence-electron chi connectivity index (χ3n) is 8.00. The molecule has 0 aliphatic carbocycles. The van der Waals surface area contributed by atoms with Crippen molar-refractivity contribution in [2.75, 3.05) is 56.0 Å². The molecule has 4 rings (SSSR count). The van der Waals surface area contributed by atoms with Crippen molar-refractivity contribution in [1.29, 1.82) is 5.26 Å². The highest BCUT2D eigenvalue weighted by molar-refractivity contribution is 7.80. The molecule has 1 N–H and O–H groups in total. The van der Waals surface area contributed by atoms with E-state index in [0.717, 1.165) is 82.6 Å². The molecule has 5 nitrogen and oxygen atoms in total. The minimum Gasteiger partial charge on any atom is -0.382 e. The van der Waals surface area contributed by atoms with Crippen LogP contribution in [0.1, 0.15) is 63.1 Å². The first-order valence-corrected chi connectivity index (χ1v) is 14.6. The summed E-state index contributed by atoms with van der Waals surface area (Å²) in [5.74, 6) is 0. The maximum atomic E-state index is 13.3. The highest BCUT2D eigenvalue weighted by Gasteiger charge is 2.34. The summed E-state index contributed by atoms with van der Waals surface area (Å²) >= 11 is 5.74. The fourth-order valence-corrected chi connectivity index (χ4v) is 5.82. The number of nitriles is 1. The number of nitrogens with one attached hydrogen (secondary N) is 1. The molecule has 9 heteroatoms. The van der Waals surface area contributed by atoms with Gasteiger partial charge in [0.25, 0.3) is 0 Å². The molecule has 2 aromatic rings. The third-order valence-corrected chi connectivity index (χ3v) is 8.46. The highest BCUT2D eigenvalue weighted by Crippen LogP contribution is 2.34. The van der Waals surface area contributed by atoms with Crippen LogP contribution in [0.4, 0.5) is 24.5 Å². The predicted molar refractivity (Wildman–Crippen MR) is 160 cm³/mol. The van der Waals surface area contributed by atoms with E-state index in [1.807, 2.05) is 0 Å². The van der Waals surface area contributed by atoms with Crippen LogP contribution < -0.4 is 10.2 Å². The van der Waals surface area contributed by atoms with Gasteiger partial charge in [-0.05, 0) is 73.5 Å². The number of nitrogens with zero attached hydrogens (tertiary/aromatic N) is 4. The molecule has 0 amide bonds. The van der Waals surface area contributed by atoms with Gasteiger partial charge in [0.05, 0.1) is 22.2 Å². The molecule has 0 unspecified atom stereocenters. The third kappa shape index (κ3) is 7.88. The summed E-state index contributed by atoms with van der Waals surface area (Å²) in [7, 11) is 0. The van der Waals surface area contributed by atoms with Crippen LogP contribution >= 0.6 is 12.2 Å². The fourth-order valence-electron chi connectivity index (χ4n) is 5.49. The molecule has 2 aromatic carbocycles.